The lowest BCUT2D eigenvalue weighted by Crippen LogP contribution is -2.41. The van der Waals surface area contributed by atoms with Crippen molar-refractivity contribution in [2.75, 3.05) is 0 Å². The lowest BCUT2D eigenvalue weighted by Gasteiger charge is -2.26. The van der Waals surface area contributed by atoms with E-state index in [2.05, 4.69) is 35.6 Å². The Morgan fingerprint density at radius 3 is 2.21 bits per heavy atom. The first-order chi connectivity index (χ1) is 11.5. The SMILES string of the molecule is C[C@H](NC(=O)C(C)(C)c1ccccc1)c1ccc2ccccc2c1. The molecule has 3 rings (SSSR count). The van der Waals surface area contributed by atoms with E-state index in [1.807, 2.05) is 63.2 Å². The van der Waals surface area contributed by atoms with E-state index in [1.165, 1.54) is 10.8 Å². The number of fused-ring (bicyclic) bond motifs is 1. The molecule has 3 aromatic rings. The van der Waals surface area contributed by atoms with E-state index in [9.17, 15) is 4.79 Å². The number of carbonyl (C=O) groups excluding carboxylic acids is 1. The van der Waals surface area contributed by atoms with Crippen LogP contribution in [0.3, 0.4) is 0 Å². The highest BCUT2D eigenvalue weighted by Crippen LogP contribution is 2.25. The smallest absolute Gasteiger partial charge is 0.230 e. The number of benzene rings is 3. The average molecular weight is 317 g/mol. The van der Waals surface area contributed by atoms with Gasteiger partial charge in [0.15, 0.2) is 0 Å². The molecule has 0 radical (unpaired) electrons. The van der Waals surface area contributed by atoms with Gasteiger partial charge in [0.1, 0.15) is 0 Å². The van der Waals surface area contributed by atoms with Gasteiger partial charge in [-0.25, -0.2) is 0 Å². The lowest BCUT2D eigenvalue weighted by atomic mass is 9.83. The Labute approximate surface area is 143 Å². The fraction of sp³-hybridized carbons (Fsp3) is 0.227. The van der Waals surface area contributed by atoms with Crippen LogP contribution >= 0.6 is 0 Å². The largest absolute Gasteiger partial charge is 0.349 e. The van der Waals surface area contributed by atoms with Crippen LogP contribution in [0.4, 0.5) is 0 Å². The second-order valence-electron chi connectivity index (χ2n) is 6.79. The van der Waals surface area contributed by atoms with Crippen LogP contribution in [0.25, 0.3) is 10.8 Å². The molecule has 2 nitrogen and oxygen atoms in total. The molecule has 122 valence electrons. The Bertz CT molecular complexity index is 852. The molecule has 0 unspecified atom stereocenters. The van der Waals surface area contributed by atoms with Crippen molar-refractivity contribution in [3.05, 3.63) is 83.9 Å². The van der Waals surface area contributed by atoms with Gasteiger partial charge in [0.2, 0.25) is 5.91 Å². The molecule has 0 aliphatic heterocycles. The van der Waals surface area contributed by atoms with Gasteiger partial charge in [0.25, 0.3) is 0 Å². The molecule has 0 aromatic heterocycles. The van der Waals surface area contributed by atoms with E-state index in [-0.39, 0.29) is 11.9 Å². The Morgan fingerprint density at radius 1 is 0.875 bits per heavy atom. The molecule has 0 fully saturated rings. The molecular formula is C22H23NO. The molecule has 1 atom stereocenters. The van der Waals surface area contributed by atoms with Gasteiger partial charge >= 0.3 is 0 Å². The van der Waals surface area contributed by atoms with Gasteiger partial charge in [0, 0.05) is 0 Å². The third-order valence-corrected chi connectivity index (χ3v) is 4.68. The van der Waals surface area contributed by atoms with Crippen molar-refractivity contribution < 1.29 is 4.79 Å². The molecule has 0 heterocycles. The first-order valence-corrected chi connectivity index (χ1v) is 8.33. The summed E-state index contributed by atoms with van der Waals surface area (Å²) in [6, 6.07) is 24.5. The minimum atomic E-state index is -0.563. The summed E-state index contributed by atoms with van der Waals surface area (Å²) in [6.45, 7) is 5.96. The maximum absolute atomic E-state index is 12.8. The number of carbonyl (C=O) groups is 1. The van der Waals surface area contributed by atoms with E-state index >= 15 is 0 Å². The van der Waals surface area contributed by atoms with E-state index in [4.69, 9.17) is 0 Å². The van der Waals surface area contributed by atoms with Gasteiger partial charge in [-0.2, -0.15) is 0 Å². The standard InChI is InChI=1S/C22H23NO/c1-16(18-14-13-17-9-7-8-10-19(17)15-18)23-21(24)22(2,3)20-11-5-4-6-12-20/h4-16H,1-3H3,(H,23,24)/t16-/m0/s1. The Kier molecular flexibility index (Phi) is 4.39. The Balaban J connectivity index is 1.80. The van der Waals surface area contributed by atoms with Gasteiger partial charge in [-0.3, -0.25) is 4.79 Å². The van der Waals surface area contributed by atoms with Gasteiger partial charge < -0.3 is 5.32 Å². The molecule has 0 aliphatic rings. The first kappa shape index (κ1) is 16.3. The zero-order valence-corrected chi connectivity index (χ0v) is 14.4. The predicted molar refractivity (Wildman–Crippen MR) is 100.0 cm³/mol. The number of hydrogen-bond acceptors (Lipinski definition) is 1. The summed E-state index contributed by atoms with van der Waals surface area (Å²) in [5.74, 6) is 0.0364. The van der Waals surface area contributed by atoms with E-state index in [0.29, 0.717) is 0 Å². The molecule has 1 N–H and O–H groups in total. The highest BCUT2D eigenvalue weighted by atomic mass is 16.2. The Morgan fingerprint density at radius 2 is 1.50 bits per heavy atom. The third kappa shape index (κ3) is 3.18. The average Bonchev–Trinajstić information content (AvgIpc) is 2.62. The maximum Gasteiger partial charge on any atom is 0.230 e. The van der Waals surface area contributed by atoms with Crippen molar-refractivity contribution in [2.24, 2.45) is 0 Å². The predicted octanol–water partition coefficient (Wildman–Crippen LogP) is 4.99. The molecule has 2 heteroatoms. The monoisotopic (exact) mass is 317 g/mol. The minimum absolute atomic E-state index is 0.0364. The molecule has 0 saturated heterocycles. The van der Waals surface area contributed by atoms with Crippen LogP contribution in [-0.2, 0) is 10.2 Å². The van der Waals surface area contributed by atoms with E-state index < -0.39 is 5.41 Å². The minimum Gasteiger partial charge on any atom is -0.349 e. The topological polar surface area (TPSA) is 29.1 Å². The Hall–Kier alpha value is -2.61. The summed E-state index contributed by atoms with van der Waals surface area (Å²) in [4.78, 5) is 12.8. The van der Waals surface area contributed by atoms with Crippen molar-refractivity contribution in [1.29, 1.82) is 0 Å². The van der Waals surface area contributed by atoms with Crippen LogP contribution < -0.4 is 5.32 Å². The number of amides is 1. The fourth-order valence-electron chi connectivity index (χ4n) is 2.92. The normalized spacial score (nSPS) is 12.8. The maximum atomic E-state index is 12.8. The zero-order chi connectivity index (χ0) is 17.2. The van der Waals surface area contributed by atoms with Crippen LogP contribution in [0.15, 0.2) is 72.8 Å². The summed E-state index contributed by atoms with van der Waals surface area (Å²) in [6.07, 6.45) is 0. The second-order valence-corrected chi connectivity index (χ2v) is 6.79. The summed E-state index contributed by atoms with van der Waals surface area (Å²) >= 11 is 0. The van der Waals surface area contributed by atoms with Crippen molar-refractivity contribution in [3.8, 4) is 0 Å². The van der Waals surface area contributed by atoms with Crippen molar-refractivity contribution >= 4 is 16.7 Å². The summed E-state index contributed by atoms with van der Waals surface area (Å²) < 4.78 is 0. The van der Waals surface area contributed by atoms with Crippen molar-refractivity contribution in [2.45, 2.75) is 32.2 Å². The van der Waals surface area contributed by atoms with Gasteiger partial charge in [0.05, 0.1) is 11.5 Å². The highest BCUT2D eigenvalue weighted by Gasteiger charge is 2.30. The number of hydrogen-bond donors (Lipinski definition) is 1. The zero-order valence-electron chi connectivity index (χ0n) is 14.4. The van der Waals surface area contributed by atoms with Gasteiger partial charge in [-0.05, 0) is 48.7 Å². The molecule has 1 amide bonds. The fourth-order valence-corrected chi connectivity index (χ4v) is 2.92. The van der Waals surface area contributed by atoms with Gasteiger partial charge in [-0.15, -0.1) is 0 Å². The molecule has 24 heavy (non-hydrogen) atoms. The molecule has 3 aromatic carbocycles. The molecule has 0 bridgehead atoms. The van der Waals surface area contributed by atoms with Crippen molar-refractivity contribution in [1.82, 2.24) is 5.32 Å². The third-order valence-electron chi connectivity index (χ3n) is 4.68. The summed E-state index contributed by atoms with van der Waals surface area (Å²) in [5, 5.41) is 5.57. The number of nitrogens with one attached hydrogen (secondary N) is 1. The van der Waals surface area contributed by atoms with Crippen molar-refractivity contribution in [3.63, 3.8) is 0 Å². The number of rotatable bonds is 4. The van der Waals surface area contributed by atoms with Gasteiger partial charge in [-0.1, -0.05) is 66.7 Å². The molecule has 0 aliphatic carbocycles. The summed E-state index contributed by atoms with van der Waals surface area (Å²) in [7, 11) is 0. The van der Waals surface area contributed by atoms with E-state index in [1.54, 1.807) is 0 Å². The lowest BCUT2D eigenvalue weighted by molar-refractivity contribution is -0.126. The highest BCUT2D eigenvalue weighted by molar-refractivity contribution is 5.88. The molecule has 0 spiro atoms. The quantitative estimate of drug-likeness (QED) is 0.721. The molecular weight excluding hydrogens is 294 g/mol. The second kappa shape index (κ2) is 6.48. The van der Waals surface area contributed by atoms with Crippen LogP contribution in [0.5, 0.6) is 0 Å². The molecule has 0 saturated carbocycles. The van der Waals surface area contributed by atoms with Crippen LogP contribution in [0.2, 0.25) is 0 Å². The van der Waals surface area contributed by atoms with Crippen LogP contribution in [0, 0.1) is 0 Å². The first-order valence-electron chi connectivity index (χ1n) is 8.33. The van der Waals surface area contributed by atoms with E-state index in [0.717, 1.165) is 11.1 Å². The van der Waals surface area contributed by atoms with Crippen LogP contribution in [-0.4, -0.2) is 5.91 Å². The summed E-state index contributed by atoms with van der Waals surface area (Å²) in [5.41, 5.74) is 1.57. The van der Waals surface area contributed by atoms with Crippen LogP contribution in [0.1, 0.15) is 37.9 Å².